The highest BCUT2D eigenvalue weighted by molar-refractivity contribution is 7.85. The first-order valence-corrected chi connectivity index (χ1v) is 8.36. The maximum absolute atomic E-state index is 12.6. The number of hydrogen-bond acceptors (Lipinski definition) is 4. The molecule has 1 aromatic rings. The molecule has 0 bridgehead atoms. The number of ether oxygens (including phenoxy) is 1. The van der Waals surface area contributed by atoms with E-state index in [0.29, 0.717) is 13.1 Å². The van der Waals surface area contributed by atoms with Crippen molar-refractivity contribution in [3.63, 3.8) is 0 Å². The Morgan fingerprint density at radius 3 is 2.67 bits per heavy atom. The van der Waals surface area contributed by atoms with Crippen LogP contribution in [0.4, 0.5) is 4.79 Å². The smallest absolute Gasteiger partial charge is 0.410 e. The van der Waals surface area contributed by atoms with E-state index in [1.54, 1.807) is 29.4 Å². The van der Waals surface area contributed by atoms with Gasteiger partial charge in [0.05, 0.1) is 16.0 Å². The van der Waals surface area contributed by atoms with Gasteiger partial charge in [-0.2, -0.15) is 0 Å². The molecule has 1 aromatic heterocycles. The van der Waals surface area contributed by atoms with Gasteiger partial charge < -0.3 is 9.64 Å². The fraction of sp³-hybridized carbons (Fsp3) is 0.600. The van der Waals surface area contributed by atoms with Crippen LogP contribution in [0.5, 0.6) is 0 Å². The summed E-state index contributed by atoms with van der Waals surface area (Å²) >= 11 is 0. The van der Waals surface area contributed by atoms with Crippen LogP contribution in [0.15, 0.2) is 29.4 Å². The second-order valence-corrected chi connectivity index (χ2v) is 7.90. The van der Waals surface area contributed by atoms with Crippen molar-refractivity contribution in [1.29, 1.82) is 0 Å². The second-order valence-electron chi connectivity index (χ2n) is 6.17. The summed E-state index contributed by atoms with van der Waals surface area (Å²) in [5, 5.41) is -0.0475. The predicted molar refractivity (Wildman–Crippen MR) is 81.5 cm³/mol. The van der Waals surface area contributed by atoms with Crippen molar-refractivity contribution in [2.24, 2.45) is 0 Å². The van der Waals surface area contributed by atoms with Gasteiger partial charge in [0.15, 0.2) is 0 Å². The fourth-order valence-electron chi connectivity index (χ4n) is 2.27. The van der Waals surface area contributed by atoms with Gasteiger partial charge in [-0.25, -0.2) is 4.79 Å². The van der Waals surface area contributed by atoms with E-state index in [9.17, 15) is 9.00 Å². The number of aromatic nitrogens is 1. The van der Waals surface area contributed by atoms with Gasteiger partial charge in [0, 0.05) is 30.4 Å². The number of amides is 1. The molecule has 0 saturated carbocycles. The third kappa shape index (κ3) is 4.52. The van der Waals surface area contributed by atoms with Gasteiger partial charge >= 0.3 is 6.09 Å². The number of carbonyl (C=O) groups excluding carboxylic acids is 1. The maximum Gasteiger partial charge on any atom is 0.410 e. The van der Waals surface area contributed by atoms with Gasteiger partial charge in [0.2, 0.25) is 0 Å². The third-order valence-electron chi connectivity index (χ3n) is 3.21. The number of piperidine rings is 1. The summed E-state index contributed by atoms with van der Waals surface area (Å²) < 4.78 is 17.9. The molecule has 1 aliphatic heterocycles. The molecule has 1 fully saturated rings. The number of rotatable bonds is 2. The molecule has 116 valence electrons. The van der Waals surface area contributed by atoms with E-state index in [1.807, 2.05) is 20.8 Å². The lowest BCUT2D eigenvalue weighted by Crippen LogP contribution is -2.45. The first-order chi connectivity index (χ1) is 9.87. The molecule has 2 atom stereocenters. The Bertz CT molecular complexity index is 513. The molecule has 2 heterocycles. The zero-order valence-electron chi connectivity index (χ0n) is 12.7. The van der Waals surface area contributed by atoms with E-state index in [-0.39, 0.29) is 11.3 Å². The predicted octanol–water partition coefficient (Wildman–Crippen LogP) is 2.59. The minimum atomic E-state index is -1.12. The van der Waals surface area contributed by atoms with E-state index in [1.165, 1.54) is 0 Å². The summed E-state index contributed by atoms with van der Waals surface area (Å²) in [4.78, 5) is 18.5. The lowest BCUT2D eigenvalue weighted by molar-refractivity contribution is 0.0219. The number of nitrogens with zero attached hydrogens (tertiary/aromatic N) is 2. The topological polar surface area (TPSA) is 59.5 Å². The fourth-order valence-corrected chi connectivity index (χ4v) is 3.74. The van der Waals surface area contributed by atoms with Crippen molar-refractivity contribution in [3.8, 4) is 0 Å². The van der Waals surface area contributed by atoms with Crippen molar-refractivity contribution in [2.45, 2.75) is 49.4 Å². The van der Waals surface area contributed by atoms with Crippen LogP contribution in [0.1, 0.15) is 33.6 Å². The van der Waals surface area contributed by atoms with Gasteiger partial charge in [-0.05, 0) is 45.7 Å². The SMILES string of the molecule is CC(C)(C)OC(=O)N1CCC[C@@H]([S@](=O)c2ccncc2)C1. The number of hydrogen-bond donors (Lipinski definition) is 0. The van der Waals surface area contributed by atoms with Crippen molar-refractivity contribution in [1.82, 2.24) is 9.88 Å². The van der Waals surface area contributed by atoms with Gasteiger partial charge in [-0.3, -0.25) is 9.19 Å². The van der Waals surface area contributed by atoms with Gasteiger partial charge in [0.1, 0.15) is 5.60 Å². The lowest BCUT2D eigenvalue weighted by atomic mass is 10.1. The van der Waals surface area contributed by atoms with Crippen molar-refractivity contribution >= 4 is 16.9 Å². The number of carbonyl (C=O) groups is 1. The first-order valence-electron chi connectivity index (χ1n) is 7.15. The average molecular weight is 310 g/mol. The molecule has 0 aliphatic carbocycles. The zero-order valence-corrected chi connectivity index (χ0v) is 13.6. The summed E-state index contributed by atoms with van der Waals surface area (Å²) in [6.07, 6.45) is 4.66. The molecule has 5 nitrogen and oxygen atoms in total. The van der Waals surface area contributed by atoms with Crippen LogP contribution in [-0.4, -0.2) is 44.1 Å². The van der Waals surface area contributed by atoms with Crippen LogP contribution in [0.2, 0.25) is 0 Å². The minimum absolute atomic E-state index is 0.0475. The van der Waals surface area contributed by atoms with Crippen LogP contribution in [0.3, 0.4) is 0 Å². The van der Waals surface area contributed by atoms with Crippen LogP contribution in [-0.2, 0) is 15.5 Å². The Labute approximate surface area is 128 Å². The van der Waals surface area contributed by atoms with Crippen LogP contribution in [0, 0.1) is 0 Å². The number of likely N-dealkylation sites (tertiary alicyclic amines) is 1. The summed E-state index contributed by atoms with van der Waals surface area (Å²) in [6.45, 7) is 6.69. The van der Waals surface area contributed by atoms with Gasteiger partial charge in [0.25, 0.3) is 0 Å². The Balaban J connectivity index is 2.01. The molecule has 1 saturated heterocycles. The summed E-state index contributed by atoms with van der Waals surface area (Å²) in [5.74, 6) is 0. The highest BCUT2D eigenvalue weighted by atomic mass is 32.2. The molecule has 6 heteroatoms. The molecule has 0 unspecified atom stereocenters. The Morgan fingerprint density at radius 1 is 1.38 bits per heavy atom. The summed E-state index contributed by atoms with van der Waals surface area (Å²) in [5.41, 5.74) is -0.506. The molecular formula is C15H22N2O3S. The molecule has 0 N–H and O–H groups in total. The Hall–Kier alpha value is -1.43. The molecular weight excluding hydrogens is 288 g/mol. The van der Waals surface area contributed by atoms with Crippen LogP contribution < -0.4 is 0 Å². The third-order valence-corrected chi connectivity index (χ3v) is 4.94. The molecule has 0 spiro atoms. The monoisotopic (exact) mass is 310 g/mol. The van der Waals surface area contributed by atoms with Gasteiger partial charge in [-0.1, -0.05) is 0 Å². The van der Waals surface area contributed by atoms with E-state index in [4.69, 9.17) is 4.74 Å². The van der Waals surface area contributed by atoms with Crippen molar-refractivity contribution in [3.05, 3.63) is 24.5 Å². The standard InChI is InChI=1S/C15H22N2O3S/c1-15(2,3)20-14(18)17-10-4-5-13(11-17)21(19)12-6-8-16-9-7-12/h6-9,13H,4-5,10-11H2,1-3H3/t13-,21-/m1/s1. The molecule has 0 radical (unpaired) electrons. The highest BCUT2D eigenvalue weighted by Gasteiger charge is 2.30. The molecule has 1 aliphatic rings. The first kappa shape index (κ1) is 15.9. The summed E-state index contributed by atoms with van der Waals surface area (Å²) in [7, 11) is -1.12. The van der Waals surface area contributed by atoms with Crippen LogP contribution in [0.25, 0.3) is 0 Å². The zero-order chi connectivity index (χ0) is 15.5. The molecule has 2 rings (SSSR count). The Morgan fingerprint density at radius 2 is 2.05 bits per heavy atom. The van der Waals surface area contributed by atoms with E-state index in [2.05, 4.69) is 4.98 Å². The summed E-state index contributed by atoms with van der Waals surface area (Å²) in [6, 6.07) is 3.53. The highest BCUT2D eigenvalue weighted by Crippen LogP contribution is 2.21. The largest absolute Gasteiger partial charge is 0.444 e. The normalized spacial score (nSPS) is 20.9. The van der Waals surface area contributed by atoms with Crippen LogP contribution >= 0.6 is 0 Å². The number of pyridine rings is 1. The van der Waals surface area contributed by atoms with E-state index >= 15 is 0 Å². The lowest BCUT2D eigenvalue weighted by Gasteiger charge is -2.33. The second kappa shape index (κ2) is 6.56. The maximum atomic E-state index is 12.6. The molecule has 21 heavy (non-hydrogen) atoms. The molecule has 0 aromatic carbocycles. The minimum Gasteiger partial charge on any atom is -0.444 e. The average Bonchev–Trinajstić information content (AvgIpc) is 2.46. The van der Waals surface area contributed by atoms with Crippen molar-refractivity contribution in [2.75, 3.05) is 13.1 Å². The molecule has 1 amide bonds. The van der Waals surface area contributed by atoms with E-state index < -0.39 is 16.4 Å². The van der Waals surface area contributed by atoms with Crippen molar-refractivity contribution < 1.29 is 13.7 Å². The van der Waals surface area contributed by atoms with E-state index in [0.717, 1.165) is 17.7 Å². The quantitative estimate of drug-likeness (QED) is 0.842. The van der Waals surface area contributed by atoms with Gasteiger partial charge in [-0.15, -0.1) is 0 Å². The Kier molecular flexibility index (Phi) is 4.98.